The molecule has 2 saturated heterocycles. The molecule has 2 aliphatic rings. The predicted octanol–water partition coefficient (Wildman–Crippen LogP) is 7.20. The first-order valence-corrected chi connectivity index (χ1v) is 14.3. The standard InChI is InChI=1S/C27H38ClN3O2S/c28-25-19-29-27(33-25)34-24-13-11-22(12-14-24)26(32)30-23-18-21-10-8-6-4-2-1-3-5-7-9-16-31(20-23)17-15-21/h11-14,19,21,23H,1-10,15-18,20H2,(H,30,32)/t21-,23+/m0/s1. The molecule has 186 valence electrons. The van der Waals surface area contributed by atoms with Crippen LogP contribution >= 0.6 is 23.4 Å². The summed E-state index contributed by atoms with van der Waals surface area (Å²) >= 11 is 7.19. The fourth-order valence-corrected chi connectivity index (χ4v) is 6.15. The number of amides is 1. The minimum absolute atomic E-state index is 0.0238. The van der Waals surface area contributed by atoms with E-state index in [1.165, 1.54) is 95.1 Å². The lowest BCUT2D eigenvalue weighted by Gasteiger charge is -2.25. The van der Waals surface area contributed by atoms with Crippen LogP contribution in [0.1, 0.15) is 87.4 Å². The third-order valence-electron chi connectivity index (χ3n) is 7.15. The van der Waals surface area contributed by atoms with Crippen LogP contribution in [-0.4, -0.2) is 41.5 Å². The van der Waals surface area contributed by atoms with Crippen LogP contribution in [0.2, 0.25) is 5.22 Å². The number of hydrogen-bond donors (Lipinski definition) is 1. The van der Waals surface area contributed by atoms with E-state index in [-0.39, 0.29) is 17.2 Å². The second-order valence-corrected chi connectivity index (χ2v) is 11.3. The van der Waals surface area contributed by atoms with E-state index in [2.05, 4.69) is 15.2 Å². The maximum atomic E-state index is 13.1. The summed E-state index contributed by atoms with van der Waals surface area (Å²) in [4.78, 5) is 20.8. The molecule has 0 saturated carbocycles. The van der Waals surface area contributed by atoms with Crippen LogP contribution in [0.4, 0.5) is 0 Å². The SMILES string of the molecule is O=C(N[C@@H]1C[C@H]2CCCCCCCCCCCN(CC2)C1)c1ccc(Sc2ncc(Cl)o2)cc1. The van der Waals surface area contributed by atoms with Crippen molar-refractivity contribution in [2.24, 2.45) is 5.92 Å². The summed E-state index contributed by atoms with van der Waals surface area (Å²) in [5.74, 6) is 0.738. The van der Waals surface area contributed by atoms with Crippen LogP contribution in [0.25, 0.3) is 0 Å². The molecule has 1 N–H and O–H groups in total. The average molecular weight is 504 g/mol. The van der Waals surface area contributed by atoms with Gasteiger partial charge < -0.3 is 14.6 Å². The van der Waals surface area contributed by atoms with Crippen molar-refractivity contribution in [3.63, 3.8) is 0 Å². The monoisotopic (exact) mass is 503 g/mol. The fraction of sp³-hybridized carbons (Fsp3) is 0.630. The minimum Gasteiger partial charge on any atom is -0.419 e. The third kappa shape index (κ3) is 8.31. The average Bonchev–Trinajstić information content (AvgIpc) is 3.13. The Morgan fingerprint density at radius 1 is 0.971 bits per heavy atom. The van der Waals surface area contributed by atoms with E-state index in [1.54, 1.807) is 0 Å². The molecule has 2 bridgehead atoms. The van der Waals surface area contributed by atoms with Crippen molar-refractivity contribution in [3.8, 4) is 0 Å². The Labute approximate surface area is 213 Å². The highest BCUT2D eigenvalue weighted by molar-refractivity contribution is 7.99. The molecule has 2 aromatic rings. The molecule has 4 rings (SSSR count). The van der Waals surface area contributed by atoms with Crippen LogP contribution in [0.5, 0.6) is 0 Å². The number of nitrogens with zero attached hydrogens (tertiary/aromatic N) is 2. The smallest absolute Gasteiger partial charge is 0.261 e. The van der Waals surface area contributed by atoms with Gasteiger partial charge in [-0.05, 0) is 85.9 Å². The van der Waals surface area contributed by atoms with Crippen molar-refractivity contribution in [3.05, 3.63) is 41.2 Å². The molecular weight excluding hydrogens is 466 g/mol. The van der Waals surface area contributed by atoms with Gasteiger partial charge in [0.2, 0.25) is 5.22 Å². The van der Waals surface area contributed by atoms with Gasteiger partial charge in [0.25, 0.3) is 11.1 Å². The number of carbonyl (C=O) groups is 1. The zero-order valence-corrected chi connectivity index (χ0v) is 21.7. The van der Waals surface area contributed by atoms with Gasteiger partial charge in [0.05, 0.1) is 6.20 Å². The van der Waals surface area contributed by atoms with Gasteiger partial charge >= 0.3 is 0 Å². The number of benzene rings is 1. The van der Waals surface area contributed by atoms with Crippen molar-refractivity contribution >= 4 is 29.3 Å². The number of rotatable bonds is 4. The van der Waals surface area contributed by atoms with Crippen molar-refractivity contribution < 1.29 is 9.21 Å². The number of aromatic nitrogens is 1. The Balaban J connectivity index is 1.35. The second kappa shape index (κ2) is 13.6. The van der Waals surface area contributed by atoms with Gasteiger partial charge in [-0.25, -0.2) is 4.98 Å². The lowest BCUT2D eigenvalue weighted by atomic mass is 9.91. The van der Waals surface area contributed by atoms with Gasteiger partial charge in [0.15, 0.2) is 0 Å². The van der Waals surface area contributed by atoms with Gasteiger partial charge in [-0.1, -0.05) is 57.8 Å². The van der Waals surface area contributed by atoms with Crippen LogP contribution in [-0.2, 0) is 0 Å². The van der Waals surface area contributed by atoms with Gasteiger partial charge in [-0.2, -0.15) is 0 Å². The molecule has 0 aliphatic carbocycles. The van der Waals surface area contributed by atoms with Crippen molar-refractivity contribution in [1.82, 2.24) is 15.2 Å². The van der Waals surface area contributed by atoms with Gasteiger partial charge in [0, 0.05) is 23.0 Å². The van der Waals surface area contributed by atoms with Crippen molar-refractivity contribution in [2.45, 2.75) is 93.2 Å². The highest BCUT2D eigenvalue weighted by atomic mass is 35.5. The van der Waals surface area contributed by atoms with E-state index < -0.39 is 0 Å². The molecule has 5 nitrogen and oxygen atoms in total. The first-order chi connectivity index (χ1) is 16.7. The zero-order chi connectivity index (χ0) is 23.6. The fourth-order valence-electron chi connectivity index (χ4n) is 5.27. The molecule has 3 atom stereocenters. The molecule has 1 aromatic heterocycles. The Bertz CT molecular complexity index is 866. The van der Waals surface area contributed by atoms with Crippen LogP contribution in [0.3, 0.4) is 0 Å². The van der Waals surface area contributed by atoms with Crippen LogP contribution in [0, 0.1) is 5.92 Å². The van der Waals surface area contributed by atoms with E-state index in [0.29, 0.717) is 16.7 Å². The normalized spacial score (nSPS) is 25.1. The first kappa shape index (κ1) is 25.6. The summed E-state index contributed by atoms with van der Waals surface area (Å²) in [5.41, 5.74) is 0.698. The molecule has 2 aliphatic heterocycles. The lowest BCUT2D eigenvalue weighted by Crippen LogP contribution is -2.43. The highest BCUT2D eigenvalue weighted by Crippen LogP contribution is 2.29. The van der Waals surface area contributed by atoms with E-state index in [4.69, 9.17) is 16.0 Å². The van der Waals surface area contributed by atoms with Crippen molar-refractivity contribution in [1.29, 1.82) is 0 Å². The summed E-state index contributed by atoms with van der Waals surface area (Å²) < 4.78 is 5.31. The Hall–Kier alpha value is -1.50. The van der Waals surface area contributed by atoms with Gasteiger partial charge in [-0.15, -0.1) is 0 Å². The van der Waals surface area contributed by atoms with E-state index in [0.717, 1.165) is 24.4 Å². The molecule has 1 unspecified atom stereocenters. The molecule has 7 heteroatoms. The first-order valence-electron chi connectivity index (χ1n) is 13.1. The Morgan fingerprint density at radius 2 is 1.68 bits per heavy atom. The zero-order valence-electron chi connectivity index (χ0n) is 20.1. The Morgan fingerprint density at radius 3 is 2.38 bits per heavy atom. The van der Waals surface area contributed by atoms with Crippen LogP contribution in [0.15, 0.2) is 45.0 Å². The molecule has 1 amide bonds. The molecular formula is C27H38ClN3O2S. The summed E-state index contributed by atoms with van der Waals surface area (Å²) in [6, 6.07) is 7.85. The minimum atomic E-state index is 0.0238. The van der Waals surface area contributed by atoms with Crippen LogP contribution < -0.4 is 5.32 Å². The largest absolute Gasteiger partial charge is 0.419 e. The topological polar surface area (TPSA) is 58.4 Å². The summed E-state index contributed by atoms with van der Waals surface area (Å²) in [6.07, 6.45) is 17.4. The lowest BCUT2D eigenvalue weighted by molar-refractivity contribution is 0.0923. The third-order valence-corrected chi connectivity index (χ3v) is 8.20. The van der Waals surface area contributed by atoms with E-state index in [9.17, 15) is 4.79 Å². The molecule has 3 heterocycles. The molecule has 0 radical (unpaired) electrons. The quantitative estimate of drug-likeness (QED) is 0.477. The number of halogens is 1. The summed E-state index contributed by atoms with van der Waals surface area (Å²) in [5, 5.41) is 4.15. The number of nitrogens with one attached hydrogen (secondary N) is 1. The summed E-state index contributed by atoms with van der Waals surface area (Å²) in [6.45, 7) is 3.31. The maximum absolute atomic E-state index is 13.1. The van der Waals surface area contributed by atoms with Gasteiger partial charge in [-0.3, -0.25) is 4.79 Å². The number of hydrogen-bond acceptors (Lipinski definition) is 5. The van der Waals surface area contributed by atoms with E-state index >= 15 is 0 Å². The van der Waals surface area contributed by atoms with Crippen molar-refractivity contribution in [2.75, 3.05) is 19.6 Å². The maximum Gasteiger partial charge on any atom is 0.261 e. The number of oxazole rings is 1. The molecule has 1 aromatic carbocycles. The molecule has 2 fully saturated rings. The predicted molar refractivity (Wildman–Crippen MR) is 139 cm³/mol. The molecule has 0 spiro atoms. The van der Waals surface area contributed by atoms with E-state index in [1.807, 2.05) is 24.3 Å². The summed E-state index contributed by atoms with van der Waals surface area (Å²) in [7, 11) is 0. The molecule has 34 heavy (non-hydrogen) atoms. The van der Waals surface area contributed by atoms with Gasteiger partial charge in [0.1, 0.15) is 0 Å². The second-order valence-electron chi connectivity index (χ2n) is 9.89. The number of fused-ring (bicyclic) bond motifs is 3. The number of carbonyl (C=O) groups excluding carboxylic acids is 1. The Kier molecular flexibility index (Phi) is 10.2. The highest BCUT2D eigenvalue weighted by Gasteiger charge is 2.25.